The minimum atomic E-state index is -4.64. The number of nitrogens with one attached hydrogen (secondary N) is 1. The van der Waals surface area contributed by atoms with E-state index in [2.05, 4.69) is 15.0 Å². The molecule has 0 amide bonds. The van der Waals surface area contributed by atoms with Crippen molar-refractivity contribution in [2.24, 2.45) is 5.92 Å². The van der Waals surface area contributed by atoms with Gasteiger partial charge in [0.1, 0.15) is 5.75 Å². The van der Waals surface area contributed by atoms with Crippen molar-refractivity contribution >= 4 is 12.4 Å². The normalized spacial score (nSPS) is 21.4. The molecule has 0 radical (unpaired) electrons. The number of hydrogen-bond acceptors (Lipinski definition) is 3. The van der Waals surface area contributed by atoms with Crippen LogP contribution in [0.3, 0.4) is 0 Å². The van der Waals surface area contributed by atoms with Crippen LogP contribution in [-0.4, -0.2) is 37.4 Å². The Morgan fingerprint density at radius 1 is 1.00 bits per heavy atom. The Kier molecular flexibility index (Phi) is 7.40. The number of nitrogens with zero attached hydrogens (tertiary/aromatic N) is 1. The summed E-state index contributed by atoms with van der Waals surface area (Å²) in [4.78, 5) is 2.49. The van der Waals surface area contributed by atoms with Crippen molar-refractivity contribution in [3.8, 4) is 5.75 Å². The lowest BCUT2D eigenvalue weighted by Crippen LogP contribution is -2.47. The van der Waals surface area contributed by atoms with Gasteiger partial charge in [0.2, 0.25) is 0 Å². The van der Waals surface area contributed by atoms with Gasteiger partial charge >= 0.3 is 6.36 Å². The van der Waals surface area contributed by atoms with Crippen LogP contribution in [0.4, 0.5) is 13.2 Å². The third-order valence-electron chi connectivity index (χ3n) is 5.10. The highest BCUT2D eigenvalue weighted by molar-refractivity contribution is 5.85. The molecule has 2 aliphatic rings. The standard InChI is InChI=1S/C18H25F3N2O.ClH/c19-18(20,21)24-16-8-6-15(7-9-16)17(14-4-2-1-3-5-14)23-12-10-22-11-13-23;/h6-9,14,17,22H,1-5,10-13H2;1H/t17-;/m1./s1. The van der Waals surface area contributed by atoms with Gasteiger partial charge in [-0.05, 0) is 36.5 Å². The average molecular weight is 379 g/mol. The van der Waals surface area contributed by atoms with Crippen molar-refractivity contribution in [2.45, 2.75) is 44.5 Å². The van der Waals surface area contributed by atoms with Gasteiger partial charge < -0.3 is 10.1 Å². The van der Waals surface area contributed by atoms with Gasteiger partial charge in [0.25, 0.3) is 0 Å². The van der Waals surface area contributed by atoms with Gasteiger partial charge in [-0.2, -0.15) is 0 Å². The fourth-order valence-corrected chi connectivity index (χ4v) is 4.06. The zero-order valence-electron chi connectivity index (χ0n) is 14.2. The molecule has 3 nitrogen and oxygen atoms in total. The number of hydrogen-bond donors (Lipinski definition) is 1. The topological polar surface area (TPSA) is 24.5 Å². The van der Waals surface area contributed by atoms with Gasteiger partial charge in [-0.1, -0.05) is 31.4 Å². The van der Waals surface area contributed by atoms with Crippen LogP contribution in [0.5, 0.6) is 5.75 Å². The predicted molar refractivity (Wildman–Crippen MR) is 94.1 cm³/mol. The summed E-state index contributed by atoms with van der Waals surface area (Å²) < 4.78 is 41.0. The largest absolute Gasteiger partial charge is 0.573 e. The number of halogens is 4. The third-order valence-corrected chi connectivity index (χ3v) is 5.10. The SMILES string of the molecule is Cl.FC(F)(F)Oc1ccc([C@@H](C2CCCCC2)N2CCNCC2)cc1. The first-order valence-corrected chi connectivity index (χ1v) is 8.83. The number of ether oxygens (including phenoxy) is 1. The lowest BCUT2D eigenvalue weighted by molar-refractivity contribution is -0.274. The fraction of sp³-hybridized carbons (Fsp3) is 0.667. The van der Waals surface area contributed by atoms with E-state index in [0.717, 1.165) is 31.7 Å². The molecule has 2 fully saturated rings. The van der Waals surface area contributed by atoms with E-state index >= 15 is 0 Å². The van der Waals surface area contributed by atoms with Gasteiger partial charge in [0.15, 0.2) is 0 Å². The van der Waals surface area contributed by atoms with Crippen LogP contribution < -0.4 is 10.1 Å². The highest BCUT2D eigenvalue weighted by Gasteiger charge is 2.33. The molecule has 1 aromatic carbocycles. The molecule has 1 saturated carbocycles. The second-order valence-electron chi connectivity index (χ2n) is 6.75. The first-order chi connectivity index (χ1) is 11.5. The summed E-state index contributed by atoms with van der Waals surface area (Å²) in [5, 5.41) is 3.37. The molecule has 1 N–H and O–H groups in total. The summed E-state index contributed by atoms with van der Waals surface area (Å²) in [7, 11) is 0. The van der Waals surface area contributed by atoms with Crippen molar-refractivity contribution in [3.63, 3.8) is 0 Å². The Bertz CT molecular complexity index is 494. The van der Waals surface area contributed by atoms with E-state index in [-0.39, 0.29) is 18.2 Å². The second kappa shape index (κ2) is 9.10. The third kappa shape index (κ3) is 5.76. The second-order valence-corrected chi connectivity index (χ2v) is 6.75. The van der Waals surface area contributed by atoms with E-state index in [1.54, 1.807) is 0 Å². The maximum atomic E-state index is 12.3. The molecule has 1 aliphatic carbocycles. The maximum Gasteiger partial charge on any atom is 0.573 e. The molecule has 1 aliphatic heterocycles. The van der Waals surface area contributed by atoms with Crippen LogP contribution in [0, 0.1) is 5.92 Å². The fourth-order valence-electron chi connectivity index (χ4n) is 4.06. The molecular weight excluding hydrogens is 353 g/mol. The molecular formula is C18H26ClF3N2O. The lowest BCUT2D eigenvalue weighted by atomic mass is 9.80. The first kappa shape index (κ1) is 20.3. The Morgan fingerprint density at radius 3 is 2.16 bits per heavy atom. The molecule has 25 heavy (non-hydrogen) atoms. The van der Waals surface area contributed by atoms with Crippen molar-refractivity contribution in [2.75, 3.05) is 26.2 Å². The van der Waals surface area contributed by atoms with Crippen LogP contribution in [0.15, 0.2) is 24.3 Å². The summed E-state index contributed by atoms with van der Waals surface area (Å²) in [5.41, 5.74) is 1.11. The number of piperazine rings is 1. The minimum Gasteiger partial charge on any atom is -0.406 e. The van der Waals surface area contributed by atoms with E-state index in [9.17, 15) is 13.2 Å². The summed E-state index contributed by atoms with van der Waals surface area (Å²) in [6.07, 6.45) is 1.57. The van der Waals surface area contributed by atoms with Gasteiger partial charge in [0.05, 0.1) is 0 Å². The Balaban J connectivity index is 0.00000225. The van der Waals surface area contributed by atoms with Gasteiger partial charge in [-0.15, -0.1) is 25.6 Å². The number of alkyl halides is 3. The Morgan fingerprint density at radius 2 is 1.60 bits per heavy atom. The number of benzene rings is 1. The van der Waals surface area contributed by atoms with E-state index in [4.69, 9.17) is 0 Å². The zero-order valence-corrected chi connectivity index (χ0v) is 15.0. The monoisotopic (exact) mass is 378 g/mol. The molecule has 0 spiro atoms. The summed E-state index contributed by atoms with van der Waals surface area (Å²) in [5.74, 6) is 0.445. The lowest BCUT2D eigenvalue weighted by Gasteiger charge is -2.41. The van der Waals surface area contributed by atoms with E-state index < -0.39 is 6.36 Å². The summed E-state index contributed by atoms with van der Waals surface area (Å²) >= 11 is 0. The molecule has 1 saturated heterocycles. The van der Waals surface area contributed by atoms with Crippen LogP contribution in [0.25, 0.3) is 0 Å². The predicted octanol–water partition coefficient (Wildman–Crippen LogP) is 4.53. The van der Waals surface area contributed by atoms with Crippen LogP contribution in [-0.2, 0) is 0 Å². The Labute approximate surface area is 153 Å². The summed E-state index contributed by atoms with van der Waals surface area (Å²) in [6, 6.07) is 6.80. The van der Waals surface area contributed by atoms with E-state index in [1.807, 2.05) is 12.1 Å². The molecule has 7 heteroatoms. The molecule has 3 rings (SSSR count). The highest BCUT2D eigenvalue weighted by atomic mass is 35.5. The quantitative estimate of drug-likeness (QED) is 0.832. The smallest absolute Gasteiger partial charge is 0.406 e. The average Bonchev–Trinajstić information content (AvgIpc) is 2.57. The maximum absolute atomic E-state index is 12.3. The van der Waals surface area contributed by atoms with E-state index in [0.29, 0.717) is 12.0 Å². The van der Waals surface area contributed by atoms with Crippen molar-refractivity contribution < 1.29 is 17.9 Å². The molecule has 142 valence electrons. The molecule has 0 aromatic heterocycles. The molecule has 1 heterocycles. The molecule has 1 atom stereocenters. The molecule has 0 unspecified atom stereocenters. The van der Waals surface area contributed by atoms with Gasteiger partial charge in [0, 0.05) is 32.2 Å². The van der Waals surface area contributed by atoms with Crippen LogP contribution >= 0.6 is 12.4 Å². The van der Waals surface area contributed by atoms with Crippen molar-refractivity contribution in [1.29, 1.82) is 0 Å². The van der Waals surface area contributed by atoms with Crippen molar-refractivity contribution in [3.05, 3.63) is 29.8 Å². The van der Waals surface area contributed by atoms with Crippen LogP contribution in [0.1, 0.15) is 43.7 Å². The Hall–Kier alpha value is -0.980. The van der Waals surface area contributed by atoms with Crippen LogP contribution in [0.2, 0.25) is 0 Å². The van der Waals surface area contributed by atoms with Crippen molar-refractivity contribution in [1.82, 2.24) is 10.2 Å². The molecule has 0 bridgehead atoms. The first-order valence-electron chi connectivity index (χ1n) is 8.83. The summed E-state index contributed by atoms with van der Waals surface area (Å²) in [6.45, 7) is 3.92. The van der Waals surface area contributed by atoms with E-state index in [1.165, 1.54) is 44.2 Å². The minimum absolute atomic E-state index is 0. The van der Waals surface area contributed by atoms with Gasteiger partial charge in [-0.3, -0.25) is 4.90 Å². The van der Waals surface area contributed by atoms with Gasteiger partial charge in [-0.25, -0.2) is 0 Å². The highest BCUT2D eigenvalue weighted by Crippen LogP contribution is 2.39. The number of rotatable bonds is 4. The zero-order chi connectivity index (χ0) is 17.0. The molecule has 1 aromatic rings.